The monoisotopic (exact) mass is 330 g/mol. The van der Waals surface area contributed by atoms with E-state index in [4.69, 9.17) is 0 Å². The number of H-pyrrole nitrogens is 1. The lowest BCUT2D eigenvalue weighted by atomic mass is 9.72. The van der Waals surface area contributed by atoms with Gasteiger partial charge >= 0.3 is 0 Å². The summed E-state index contributed by atoms with van der Waals surface area (Å²) in [7, 11) is 0. The van der Waals surface area contributed by atoms with Gasteiger partial charge in [0.25, 0.3) is 0 Å². The van der Waals surface area contributed by atoms with Crippen LogP contribution in [0, 0.1) is 17.3 Å². The first-order valence-corrected chi connectivity index (χ1v) is 9.52. The molecule has 1 fully saturated rings. The minimum Gasteiger partial charge on any atom is -0.391 e. The third kappa shape index (κ3) is 2.64. The Bertz CT molecular complexity index is 655. The molecule has 1 unspecified atom stereocenters. The zero-order valence-electron chi connectivity index (χ0n) is 15.2. The van der Waals surface area contributed by atoms with Crippen LogP contribution >= 0.6 is 0 Å². The molecule has 0 aromatic carbocycles. The Morgan fingerprint density at radius 1 is 1.29 bits per heavy atom. The zero-order chi connectivity index (χ0) is 17.1. The number of piperidine rings is 1. The lowest BCUT2D eigenvalue weighted by Crippen LogP contribution is -2.50. The van der Waals surface area contributed by atoms with Crippen molar-refractivity contribution in [2.24, 2.45) is 17.3 Å². The summed E-state index contributed by atoms with van der Waals surface area (Å²) in [5, 5.41) is 10.4. The van der Waals surface area contributed by atoms with Crippen LogP contribution in [0.4, 0.5) is 0 Å². The SMILES string of the molecule is CC(C)(C)C(O)CN1CC[C@H]2Cc3[nH]c4c(c3C(=O)[C@@H]2C1)CCC4. The molecular formula is C20H30N2O2. The third-order valence-corrected chi connectivity index (χ3v) is 6.44. The molecule has 1 aliphatic heterocycles. The second-order valence-corrected chi connectivity index (χ2v) is 9.15. The minimum atomic E-state index is -0.347. The van der Waals surface area contributed by atoms with Crippen molar-refractivity contribution in [3.63, 3.8) is 0 Å². The topological polar surface area (TPSA) is 56.3 Å². The number of β-amino-alcohol motifs (C(OH)–C–C–N with tert-alkyl or cyclic N) is 1. The molecule has 3 aliphatic rings. The Morgan fingerprint density at radius 2 is 2.08 bits per heavy atom. The summed E-state index contributed by atoms with van der Waals surface area (Å²) in [6.45, 7) is 8.72. The maximum absolute atomic E-state index is 13.2. The summed E-state index contributed by atoms with van der Waals surface area (Å²) >= 11 is 0. The van der Waals surface area contributed by atoms with Crippen LogP contribution in [0.1, 0.15) is 60.9 Å². The fourth-order valence-corrected chi connectivity index (χ4v) is 4.78. The van der Waals surface area contributed by atoms with Crippen LogP contribution in [0.3, 0.4) is 0 Å². The summed E-state index contributed by atoms with van der Waals surface area (Å²) in [5.74, 6) is 0.973. The summed E-state index contributed by atoms with van der Waals surface area (Å²) in [6.07, 6.45) is 5.11. The van der Waals surface area contributed by atoms with E-state index < -0.39 is 0 Å². The molecule has 2 heterocycles. The van der Waals surface area contributed by atoms with E-state index in [0.717, 1.165) is 44.3 Å². The van der Waals surface area contributed by atoms with Crippen molar-refractivity contribution in [2.75, 3.05) is 19.6 Å². The van der Waals surface area contributed by atoms with Gasteiger partial charge in [0.1, 0.15) is 0 Å². The molecule has 3 atom stereocenters. The molecule has 1 saturated heterocycles. The Balaban J connectivity index is 1.52. The number of fused-ring (bicyclic) bond motifs is 4. The fourth-order valence-electron chi connectivity index (χ4n) is 4.78. The highest BCUT2D eigenvalue weighted by Crippen LogP contribution is 2.40. The van der Waals surface area contributed by atoms with E-state index in [1.165, 1.54) is 23.4 Å². The number of aromatic amines is 1. The maximum atomic E-state index is 13.2. The van der Waals surface area contributed by atoms with Crippen LogP contribution in [-0.4, -0.2) is 46.5 Å². The van der Waals surface area contributed by atoms with E-state index in [1.54, 1.807) is 0 Å². The number of nitrogens with zero attached hydrogens (tertiary/aromatic N) is 1. The summed E-state index contributed by atoms with van der Waals surface area (Å²) in [6, 6.07) is 0. The second kappa shape index (κ2) is 5.70. The van der Waals surface area contributed by atoms with Crippen molar-refractivity contribution in [2.45, 2.75) is 59.0 Å². The van der Waals surface area contributed by atoms with Crippen LogP contribution < -0.4 is 0 Å². The molecule has 0 saturated carbocycles. The van der Waals surface area contributed by atoms with Gasteiger partial charge in [0.2, 0.25) is 0 Å². The predicted molar refractivity (Wildman–Crippen MR) is 94.4 cm³/mol. The summed E-state index contributed by atoms with van der Waals surface area (Å²) in [4.78, 5) is 19.1. The molecule has 2 aliphatic carbocycles. The summed E-state index contributed by atoms with van der Waals surface area (Å²) in [5.41, 5.74) is 4.80. The van der Waals surface area contributed by atoms with Crippen molar-refractivity contribution in [1.82, 2.24) is 9.88 Å². The van der Waals surface area contributed by atoms with E-state index in [2.05, 4.69) is 30.7 Å². The van der Waals surface area contributed by atoms with Crippen molar-refractivity contribution in [3.05, 3.63) is 22.5 Å². The van der Waals surface area contributed by atoms with Gasteiger partial charge in [0, 0.05) is 36.0 Å². The van der Waals surface area contributed by atoms with E-state index in [1.807, 2.05) is 0 Å². The molecule has 132 valence electrons. The van der Waals surface area contributed by atoms with Crippen LogP contribution in [0.5, 0.6) is 0 Å². The molecule has 0 bridgehead atoms. The lowest BCUT2D eigenvalue weighted by molar-refractivity contribution is 0.00744. The van der Waals surface area contributed by atoms with Gasteiger partial charge < -0.3 is 10.1 Å². The fraction of sp³-hybridized carbons (Fsp3) is 0.750. The number of likely N-dealkylation sites (tertiary alicyclic amines) is 1. The van der Waals surface area contributed by atoms with Crippen molar-refractivity contribution >= 4 is 5.78 Å². The Labute approximate surface area is 144 Å². The van der Waals surface area contributed by atoms with Crippen LogP contribution in [0.25, 0.3) is 0 Å². The number of nitrogens with one attached hydrogen (secondary N) is 1. The molecule has 1 aromatic heterocycles. The molecule has 4 nitrogen and oxygen atoms in total. The standard InChI is InChI=1S/C20H30N2O2/c1-20(2,3)17(23)11-22-8-7-12-9-16-18(19(24)14(12)10-22)13-5-4-6-15(13)21-16/h12,14,17,21,23H,4-11H2,1-3H3/t12-,14+,17?/m0/s1. The molecule has 4 rings (SSSR count). The van der Waals surface area contributed by atoms with Crippen molar-refractivity contribution in [1.29, 1.82) is 0 Å². The number of hydrogen-bond acceptors (Lipinski definition) is 3. The molecule has 24 heavy (non-hydrogen) atoms. The van der Waals surface area contributed by atoms with Gasteiger partial charge in [-0.1, -0.05) is 20.8 Å². The zero-order valence-corrected chi connectivity index (χ0v) is 15.2. The average molecular weight is 330 g/mol. The van der Waals surface area contributed by atoms with Gasteiger partial charge in [0.05, 0.1) is 6.10 Å². The smallest absolute Gasteiger partial charge is 0.169 e. The first kappa shape index (κ1) is 16.3. The van der Waals surface area contributed by atoms with Gasteiger partial charge in [0.15, 0.2) is 5.78 Å². The predicted octanol–water partition coefficient (Wildman–Crippen LogP) is 2.59. The average Bonchev–Trinajstić information content (AvgIpc) is 3.07. The number of aryl methyl sites for hydroxylation is 1. The molecule has 0 spiro atoms. The molecule has 0 radical (unpaired) electrons. The number of carbonyl (C=O) groups is 1. The van der Waals surface area contributed by atoms with Gasteiger partial charge in [-0.3, -0.25) is 9.69 Å². The first-order valence-electron chi connectivity index (χ1n) is 9.52. The minimum absolute atomic E-state index is 0.109. The first-order chi connectivity index (χ1) is 11.3. The lowest BCUT2D eigenvalue weighted by Gasteiger charge is -2.42. The number of Topliss-reactive ketones (excluding diaryl/α,β-unsaturated/α-hetero) is 1. The Morgan fingerprint density at radius 3 is 2.83 bits per heavy atom. The van der Waals surface area contributed by atoms with Crippen LogP contribution in [0.15, 0.2) is 0 Å². The van der Waals surface area contributed by atoms with Gasteiger partial charge in [-0.25, -0.2) is 0 Å². The maximum Gasteiger partial charge on any atom is 0.169 e. The molecule has 4 heteroatoms. The number of aliphatic hydroxyl groups excluding tert-OH is 1. The molecular weight excluding hydrogens is 300 g/mol. The van der Waals surface area contributed by atoms with Gasteiger partial charge in [-0.15, -0.1) is 0 Å². The van der Waals surface area contributed by atoms with Crippen LogP contribution in [-0.2, 0) is 19.3 Å². The highest BCUT2D eigenvalue weighted by Gasteiger charge is 2.42. The van der Waals surface area contributed by atoms with Crippen molar-refractivity contribution in [3.8, 4) is 0 Å². The molecule has 1 aromatic rings. The number of aromatic nitrogens is 1. The van der Waals surface area contributed by atoms with E-state index in [0.29, 0.717) is 18.2 Å². The third-order valence-electron chi connectivity index (χ3n) is 6.44. The van der Waals surface area contributed by atoms with Gasteiger partial charge in [-0.2, -0.15) is 0 Å². The van der Waals surface area contributed by atoms with Gasteiger partial charge in [-0.05, 0) is 55.5 Å². The van der Waals surface area contributed by atoms with E-state index in [9.17, 15) is 9.90 Å². The van der Waals surface area contributed by atoms with E-state index in [-0.39, 0.29) is 17.4 Å². The number of rotatable bonds is 2. The number of aliphatic hydroxyl groups is 1. The second-order valence-electron chi connectivity index (χ2n) is 9.15. The largest absolute Gasteiger partial charge is 0.391 e. The quantitative estimate of drug-likeness (QED) is 0.876. The normalized spacial score (nSPS) is 28.4. The number of hydrogen-bond donors (Lipinski definition) is 2. The number of carbonyl (C=O) groups excluding carboxylic acids is 1. The number of ketones is 1. The van der Waals surface area contributed by atoms with E-state index >= 15 is 0 Å². The highest BCUT2D eigenvalue weighted by atomic mass is 16.3. The van der Waals surface area contributed by atoms with Crippen molar-refractivity contribution < 1.29 is 9.90 Å². The Hall–Kier alpha value is -1.13. The molecule has 2 N–H and O–H groups in total. The summed E-state index contributed by atoms with van der Waals surface area (Å²) < 4.78 is 0. The molecule has 0 amide bonds. The van der Waals surface area contributed by atoms with Crippen LogP contribution in [0.2, 0.25) is 0 Å². The Kier molecular flexibility index (Phi) is 3.88. The highest BCUT2D eigenvalue weighted by molar-refractivity contribution is 6.02.